The molecule has 21 heavy (non-hydrogen) atoms. The van der Waals surface area contributed by atoms with E-state index in [1.165, 1.54) is 11.1 Å². The van der Waals surface area contributed by atoms with Gasteiger partial charge in [-0.25, -0.2) is 0 Å². The van der Waals surface area contributed by atoms with Crippen LogP contribution in [0.25, 0.3) is 0 Å². The van der Waals surface area contributed by atoms with Crippen molar-refractivity contribution >= 4 is 21.6 Å². The Morgan fingerprint density at radius 2 is 1.76 bits per heavy atom. The van der Waals surface area contributed by atoms with Crippen LogP contribution < -0.4 is 10.1 Å². The number of nitrogens with one attached hydrogen (secondary N) is 1. The van der Waals surface area contributed by atoms with E-state index in [-0.39, 0.29) is 6.61 Å². The second-order valence-electron chi connectivity index (χ2n) is 5.14. The lowest BCUT2D eigenvalue weighted by Gasteiger charge is -2.15. The molecule has 0 aliphatic heterocycles. The smallest absolute Gasteiger partial charge is 0.119 e. The van der Waals surface area contributed by atoms with Crippen LogP contribution in [0.15, 0.2) is 46.9 Å². The van der Waals surface area contributed by atoms with E-state index in [1.54, 1.807) is 0 Å². The average Bonchev–Trinajstić information content (AvgIpc) is 2.46. The molecule has 0 saturated heterocycles. The topological polar surface area (TPSA) is 41.5 Å². The Kier molecular flexibility index (Phi) is 5.65. The number of rotatable bonds is 6. The highest BCUT2D eigenvalue weighted by Crippen LogP contribution is 2.23. The van der Waals surface area contributed by atoms with Gasteiger partial charge in [-0.2, -0.15) is 0 Å². The number of halogens is 1. The van der Waals surface area contributed by atoms with E-state index in [2.05, 4.69) is 21.2 Å². The Labute approximate surface area is 134 Å². The molecule has 0 aromatic heterocycles. The van der Waals surface area contributed by atoms with Crippen molar-refractivity contribution in [3.8, 4) is 5.75 Å². The third-order valence-electron chi connectivity index (χ3n) is 3.12. The largest absolute Gasteiger partial charge is 0.491 e. The quantitative estimate of drug-likeness (QED) is 0.830. The minimum Gasteiger partial charge on any atom is -0.491 e. The van der Waals surface area contributed by atoms with Crippen LogP contribution in [0.2, 0.25) is 0 Å². The van der Waals surface area contributed by atoms with Gasteiger partial charge in [0, 0.05) is 16.7 Å². The van der Waals surface area contributed by atoms with Gasteiger partial charge in [0.25, 0.3) is 0 Å². The van der Waals surface area contributed by atoms with Crippen molar-refractivity contribution < 1.29 is 9.84 Å². The second kappa shape index (κ2) is 7.48. The molecule has 1 unspecified atom stereocenters. The van der Waals surface area contributed by atoms with Crippen LogP contribution in [0.4, 0.5) is 5.69 Å². The summed E-state index contributed by atoms with van der Waals surface area (Å²) in [6, 6.07) is 13.9. The fourth-order valence-electron chi connectivity index (χ4n) is 1.88. The molecule has 112 valence electrons. The van der Waals surface area contributed by atoms with Gasteiger partial charge in [0.2, 0.25) is 0 Å². The molecular weight excluding hydrogens is 330 g/mol. The van der Waals surface area contributed by atoms with Crippen molar-refractivity contribution in [1.29, 1.82) is 0 Å². The van der Waals surface area contributed by atoms with Crippen LogP contribution in [0.5, 0.6) is 5.75 Å². The number of aliphatic hydroxyl groups is 1. The molecule has 0 aliphatic carbocycles. The molecule has 0 bridgehead atoms. The van der Waals surface area contributed by atoms with E-state index in [1.807, 2.05) is 56.3 Å². The summed E-state index contributed by atoms with van der Waals surface area (Å²) in [6.07, 6.45) is -0.570. The molecule has 2 N–H and O–H groups in total. The van der Waals surface area contributed by atoms with Gasteiger partial charge >= 0.3 is 0 Å². The highest BCUT2D eigenvalue weighted by molar-refractivity contribution is 9.10. The molecule has 4 heteroatoms. The summed E-state index contributed by atoms with van der Waals surface area (Å²) in [4.78, 5) is 0. The first-order valence-corrected chi connectivity index (χ1v) is 7.71. The first-order valence-electron chi connectivity index (χ1n) is 6.92. The number of aryl methyl sites for hydroxylation is 2. The highest BCUT2D eigenvalue weighted by atomic mass is 79.9. The first-order chi connectivity index (χ1) is 10.0. The van der Waals surface area contributed by atoms with Crippen molar-refractivity contribution in [3.05, 3.63) is 58.1 Å². The maximum absolute atomic E-state index is 9.97. The molecule has 0 radical (unpaired) electrons. The van der Waals surface area contributed by atoms with Crippen molar-refractivity contribution in [2.45, 2.75) is 20.0 Å². The predicted octanol–water partition coefficient (Wildman–Crippen LogP) is 3.92. The van der Waals surface area contributed by atoms with Crippen LogP contribution >= 0.6 is 15.9 Å². The van der Waals surface area contributed by atoms with Crippen molar-refractivity contribution in [2.24, 2.45) is 0 Å². The van der Waals surface area contributed by atoms with Gasteiger partial charge in [0.05, 0.1) is 0 Å². The summed E-state index contributed by atoms with van der Waals surface area (Å²) in [5, 5.41) is 13.2. The van der Waals surface area contributed by atoms with E-state index in [0.29, 0.717) is 6.54 Å². The Morgan fingerprint density at radius 3 is 2.43 bits per heavy atom. The zero-order valence-corrected chi connectivity index (χ0v) is 13.9. The molecule has 1 atom stereocenters. The van der Waals surface area contributed by atoms with Crippen LogP contribution in [-0.2, 0) is 0 Å². The number of hydrogen-bond donors (Lipinski definition) is 2. The fourth-order valence-corrected chi connectivity index (χ4v) is 2.51. The van der Waals surface area contributed by atoms with Gasteiger partial charge in [-0.05, 0) is 59.6 Å². The monoisotopic (exact) mass is 349 g/mol. The summed E-state index contributed by atoms with van der Waals surface area (Å²) in [5.41, 5.74) is 3.35. The molecule has 0 heterocycles. The lowest BCUT2D eigenvalue weighted by Crippen LogP contribution is -2.26. The average molecular weight is 350 g/mol. The summed E-state index contributed by atoms with van der Waals surface area (Å²) >= 11 is 3.50. The molecule has 2 aromatic rings. The molecule has 2 aromatic carbocycles. The van der Waals surface area contributed by atoms with E-state index in [9.17, 15) is 5.11 Å². The van der Waals surface area contributed by atoms with Gasteiger partial charge in [0.1, 0.15) is 18.5 Å². The lowest BCUT2D eigenvalue weighted by molar-refractivity contribution is 0.117. The molecule has 2 rings (SSSR count). The molecular formula is C17H20BrNO2. The maximum Gasteiger partial charge on any atom is 0.119 e. The minimum atomic E-state index is -0.570. The summed E-state index contributed by atoms with van der Waals surface area (Å²) in [6.45, 7) is 4.77. The SMILES string of the molecule is Cc1ccc(OCC(O)CNc2ccc(C)cc2Br)cc1. The normalized spacial score (nSPS) is 12.0. The first kappa shape index (κ1) is 15.9. The van der Waals surface area contributed by atoms with Gasteiger partial charge in [-0.3, -0.25) is 0 Å². The predicted molar refractivity (Wildman–Crippen MR) is 90.0 cm³/mol. The third-order valence-corrected chi connectivity index (χ3v) is 3.77. The molecule has 0 aliphatic rings. The zero-order valence-electron chi connectivity index (χ0n) is 12.3. The maximum atomic E-state index is 9.97. The number of aliphatic hydroxyl groups excluding tert-OH is 1. The summed E-state index contributed by atoms with van der Waals surface area (Å²) in [7, 11) is 0. The molecule has 0 saturated carbocycles. The fraction of sp³-hybridized carbons (Fsp3) is 0.294. The standard InChI is InChI=1S/C17H20BrNO2/c1-12-3-6-15(7-4-12)21-11-14(20)10-19-17-8-5-13(2)9-16(17)18/h3-9,14,19-20H,10-11H2,1-2H3. The van der Waals surface area contributed by atoms with Crippen molar-refractivity contribution in [3.63, 3.8) is 0 Å². The third kappa shape index (κ3) is 5.06. The molecule has 0 amide bonds. The Balaban J connectivity index is 1.79. The zero-order chi connectivity index (χ0) is 15.2. The number of benzene rings is 2. The van der Waals surface area contributed by atoms with Crippen LogP contribution in [-0.4, -0.2) is 24.4 Å². The van der Waals surface area contributed by atoms with E-state index in [4.69, 9.17) is 4.74 Å². The van der Waals surface area contributed by atoms with E-state index >= 15 is 0 Å². The highest BCUT2D eigenvalue weighted by Gasteiger charge is 2.07. The summed E-state index contributed by atoms with van der Waals surface area (Å²) in [5.74, 6) is 0.774. The molecule has 3 nitrogen and oxygen atoms in total. The Morgan fingerprint density at radius 1 is 1.10 bits per heavy atom. The lowest BCUT2D eigenvalue weighted by atomic mass is 10.2. The van der Waals surface area contributed by atoms with Gasteiger partial charge in [-0.15, -0.1) is 0 Å². The van der Waals surface area contributed by atoms with E-state index < -0.39 is 6.10 Å². The second-order valence-corrected chi connectivity index (χ2v) is 6.00. The van der Waals surface area contributed by atoms with Gasteiger partial charge < -0.3 is 15.2 Å². The number of hydrogen-bond acceptors (Lipinski definition) is 3. The number of anilines is 1. The van der Waals surface area contributed by atoms with Crippen molar-refractivity contribution in [1.82, 2.24) is 0 Å². The Hall–Kier alpha value is -1.52. The minimum absolute atomic E-state index is 0.263. The van der Waals surface area contributed by atoms with Crippen LogP contribution in [0.1, 0.15) is 11.1 Å². The van der Waals surface area contributed by atoms with Crippen LogP contribution in [0.3, 0.4) is 0 Å². The number of ether oxygens (including phenoxy) is 1. The van der Waals surface area contributed by atoms with Gasteiger partial charge in [0.15, 0.2) is 0 Å². The molecule has 0 spiro atoms. The molecule has 0 fully saturated rings. The van der Waals surface area contributed by atoms with Gasteiger partial charge in [-0.1, -0.05) is 23.8 Å². The van der Waals surface area contributed by atoms with Crippen molar-refractivity contribution in [2.75, 3.05) is 18.5 Å². The van der Waals surface area contributed by atoms with E-state index in [0.717, 1.165) is 15.9 Å². The summed E-state index contributed by atoms with van der Waals surface area (Å²) < 4.78 is 6.55. The Bertz CT molecular complexity index is 584. The van der Waals surface area contributed by atoms with Crippen LogP contribution in [0, 0.1) is 13.8 Å².